The summed E-state index contributed by atoms with van der Waals surface area (Å²) in [6, 6.07) is 14.7. The first-order valence-corrected chi connectivity index (χ1v) is 8.21. The van der Waals surface area contributed by atoms with Gasteiger partial charge >= 0.3 is 0 Å². The van der Waals surface area contributed by atoms with Gasteiger partial charge in [0, 0.05) is 0 Å². The van der Waals surface area contributed by atoms with Gasteiger partial charge in [-0.15, -0.1) is 0 Å². The van der Waals surface area contributed by atoms with Crippen molar-refractivity contribution in [3.8, 4) is 11.5 Å². The van der Waals surface area contributed by atoms with Crippen LogP contribution in [-0.4, -0.2) is 10.2 Å². The molecule has 0 spiro atoms. The van der Waals surface area contributed by atoms with Crippen molar-refractivity contribution in [3.05, 3.63) is 59.7 Å². The van der Waals surface area contributed by atoms with Crippen molar-refractivity contribution in [2.24, 2.45) is 0 Å². The summed E-state index contributed by atoms with van der Waals surface area (Å²) in [4.78, 5) is 0. The van der Waals surface area contributed by atoms with Gasteiger partial charge in [-0.05, 0) is 61.1 Å². The van der Waals surface area contributed by atoms with Crippen LogP contribution in [0.2, 0.25) is 0 Å². The molecular weight excluding hydrogens is 272 g/mol. The van der Waals surface area contributed by atoms with Crippen LogP contribution >= 0.6 is 0 Å². The van der Waals surface area contributed by atoms with Crippen LogP contribution in [0.5, 0.6) is 11.5 Å². The van der Waals surface area contributed by atoms with Crippen LogP contribution in [0.4, 0.5) is 0 Å². The highest BCUT2D eigenvalue weighted by atomic mass is 16.3. The Morgan fingerprint density at radius 1 is 0.682 bits per heavy atom. The summed E-state index contributed by atoms with van der Waals surface area (Å²) in [6.45, 7) is 4.39. The Balaban J connectivity index is 0.000000287. The number of unbranched alkanes of at least 4 members (excludes halogenated alkanes) is 2. The summed E-state index contributed by atoms with van der Waals surface area (Å²) >= 11 is 0. The van der Waals surface area contributed by atoms with E-state index in [4.69, 9.17) is 5.11 Å². The largest absolute Gasteiger partial charge is 0.508 e. The maximum absolute atomic E-state index is 9.59. The molecule has 0 heterocycles. The second-order valence-electron chi connectivity index (χ2n) is 5.55. The second kappa shape index (κ2) is 10.7. The van der Waals surface area contributed by atoms with Gasteiger partial charge in [0.15, 0.2) is 0 Å². The van der Waals surface area contributed by atoms with Gasteiger partial charge in [-0.1, -0.05) is 51.0 Å². The number of aromatic hydroxyl groups is 2. The number of rotatable bonds is 6. The van der Waals surface area contributed by atoms with Crippen molar-refractivity contribution in [1.29, 1.82) is 0 Å². The molecular formula is C20H28O2. The van der Waals surface area contributed by atoms with E-state index in [-0.39, 0.29) is 0 Å². The van der Waals surface area contributed by atoms with Crippen LogP contribution in [-0.2, 0) is 12.8 Å². The first kappa shape index (κ1) is 18.1. The number of benzene rings is 2. The normalized spacial score (nSPS) is 9.91. The lowest BCUT2D eigenvalue weighted by atomic mass is 10.0. The van der Waals surface area contributed by atoms with Crippen molar-refractivity contribution < 1.29 is 10.2 Å². The van der Waals surface area contributed by atoms with E-state index in [2.05, 4.69) is 19.9 Å². The molecule has 0 radical (unpaired) electrons. The van der Waals surface area contributed by atoms with E-state index in [0.29, 0.717) is 11.5 Å². The molecule has 2 rings (SSSR count). The summed E-state index contributed by atoms with van der Waals surface area (Å²) in [7, 11) is 0. The highest BCUT2D eigenvalue weighted by molar-refractivity contribution is 5.33. The van der Waals surface area contributed by atoms with E-state index < -0.39 is 0 Å². The van der Waals surface area contributed by atoms with Gasteiger partial charge in [0.2, 0.25) is 0 Å². The Labute approximate surface area is 134 Å². The van der Waals surface area contributed by atoms with E-state index in [1.807, 2.05) is 18.2 Å². The quantitative estimate of drug-likeness (QED) is 0.742. The molecule has 0 saturated heterocycles. The zero-order chi connectivity index (χ0) is 16.2. The Morgan fingerprint density at radius 3 is 1.55 bits per heavy atom. The van der Waals surface area contributed by atoms with Crippen LogP contribution < -0.4 is 0 Å². The van der Waals surface area contributed by atoms with Crippen molar-refractivity contribution >= 4 is 0 Å². The third-order valence-electron chi connectivity index (χ3n) is 3.43. The molecule has 0 aliphatic carbocycles. The lowest BCUT2D eigenvalue weighted by molar-refractivity contribution is 0.473. The molecule has 0 aliphatic rings. The zero-order valence-corrected chi connectivity index (χ0v) is 13.8. The molecule has 0 bridgehead atoms. The Kier molecular flexibility index (Phi) is 8.82. The molecule has 0 saturated carbocycles. The number of phenolic OH excluding ortho intramolecular Hbond substituents is 2. The van der Waals surface area contributed by atoms with Gasteiger partial charge in [0.25, 0.3) is 0 Å². The topological polar surface area (TPSA) is 40.5 Å². The van der Waals surface area contributed by atoms with Gasteiger partial charge in [0.1, 0.15) is 11.5 Å². The monoisotopic (exact) mass is 300 g/mol. The molecule has 2 aromatic carbocycles. The molecule has 2 heteroatoms. The molecule has 0 aliphatic heterocycles. The Morgan fingerprint density at radius 2 is 1.18 bits per heavy atom. The van der Waals surface area contributed by atoms with E-state index in [1.54, 1.807) is 24.3 Å². The smallest absolute Gasteiger partial charge is 0.116 e. The lowest BCUT2D eigenvalue weighted by Crippen LogP contribution is -1.90. The van der Waals surface area contributed by atoms with E-state index in [1.165, 1.54) is 36.8 Å². The van der Waals surface area contributed by atoms with Gasteiger partial charge in [-0.3, -0.25) is 0 Å². The number of hydrogen-bond donors (Lipinski definition) is 2. The third kappa shape index (κ3) is 7.72. The lowest BCUT2D eigenvalue weighted by Gasteiger charge is -2.06. The SMILES string of the molecule is CCCCc1cc(O)cc(CCCC)c1.Oc1ccccc1. The predicted molar refractivity (Wildman–Crippen MR) is 93.4 cm³/mol. The third-order valence-corrected chi connectivity index (χ3v) is 3.43. The van der Waals surface area contributed by atoms with Crippen molar-refractivity contribution in [2.45, 2.75) is 52.4 Å². The van der Waals surface area contributed by atoms with E-state index in [0.717, 1.165) is 12.8 Å². The molecule has 0 unspecified atom stereocenters. The van der Waals surface area contributed by atoms with E-state index >= 15 is 0 Å². The summed E-state index contributed by atoms with van der Waals surface area (Å²) in [5.74, 6) is 0.747. The molecule has 0 amide bonds. The maximum atomic E-state index is 9.59. The minimum atomic E-state index is 0.322. The maximum Gasteiger partial charge on any atom is 0.116 e. The average Bonchev–Trinajstić information content (AvgIpc) is 2.52. The fourth-order valence-corrected chi connectivity index (χ4v) is 2.22. The Hall–Kier alpha value is -1.96. The number of phenols is 2. The summed E-state index contributed by atoms with van der Waals surface area (Å²) < 4.78 is 0. The van der Waals surface area contributed by atoms with Crippen LogP contribution in [0.3, 0.4) is 0 Å². The zero-order valence-electron chi connectivity index (χ0n) is 13.8. The first-order chi connectivity index (χ1) is 10.7. The molecule has 0 fully saturated rings. The Bertz CT molecular complexity index is 494. The van der Waals surface area contributed by atoms with Crippen LogP contribution in [0.15, 0.2) is 48.5 Å². The molecule has 22 heavy (non-hydrogen) atoms. The van der Waals surface area contributed by atoms with Crippen molar-refractivity contribution in [1.82, 2.24) is 0 Å². The van der Waals surface area contributed by atoms with Gasteiger partial charge < -0.3 is 10.2 Å². The minimum absolute atomic E-state index is 0.322. The first-order valence-electron chi connectivity index (χ1n) is 8.21. The fourth-order valence-electron chi connectivity index (χ4n) is 2.22. The van der Waals surface area contributed by atoms with Crippen LogP contribution in [0.25, 0.3) is 0 Å². The van der Waals surface area contributed by atoms with Gasteiger partial charge in [-0.25, -0.2) is 0 Å². The summed E-state index contributed by atoms with van der Waals surface area (Å²) in [6.07, 6.45) is 7.00. The minimum Gasteiger partial charge on any atom is -0.508 e. The standard InChI is InChI=1S/C14H22O.C6H6O/c1-3-5-7-12-9-13(8-6-4-2)11-14(15)10-12;7-6-4-2-1-3-5-6/h9-11,15H,3-8H2,1-2H3;1-5,7H. The number of para-hydroxylation sites is 1. The molecule has 0 atom stereocenters. The van der Waals surface area contributed by atoms with Crippen LogP contribution in [0, 0.1) is 0 Å². The molecule has 2 N–H and O–H groups in total. The molecule has 2 nitrogen and oxygen atoms in total. The second-order valence-corrected chi connectivity index (χ2v) is 5.55. The number of aryl methyl sites for hydroxylation is 2. The van der Waals surface area contributed by atoms with Crippen molar-refractivity contribution in [2.75, 3.05) is 0 Å². The summed E-state index contributed by atoms with van der Waals surface area (Å²) in [5, 5.41) is 18.2. The summed E-state index contributed by atoms with van der Waals surface area (Å²) in [5.41, 5.74) is 2.56. The van der Waals surface area contributed by atoms with E-state index in [9.17, 15) is 5.11 Å². The van der Waals surface area contributed by atoms with Gasteiger partial charge in [-0.2, -0.15) is 0 Å². The van der Waals surface area contributed by atoms with Crippen molar-refractivity contribution in [3.63, 3.8) is 0 Å². The number of hydrogen-bond acceptors (Lipinski definition) is 2. The molecule has 2 aromatic rings. The highest BCUT2D eigenvalue weighted by Crippen LogP contribution is 2.19. The predicted octanol–water partition coefficient (Wildman–Crippen LogP) is 5.47. The molecule has 0 aromatic heterocycles. The average molecular weight is 300 g/mol. The fraction of sp³-hybridized carbons (Fsp3) is 0.400. The highest BCUT2D eigenvalue weighted by Gasteiger charge is 2.00. The van der Waals surface area contributed by atoms with Crippen LogP contribution in [0.1, 0.15) is 50.7 Å². The van der Waals surface area contributed by atoms with Gasteiger partial charge in [0.05, 0.1) is 0 Å². The molecule has 120 valence electrons.